The van der Waals surface area contributed by atoms with Crippen molar-refractivity contribution in [3.05, 3.63) is 23.8 Å². The van der Waals surface area contributed by atoms with Crippen molar-refractivity contribution in [1.29, 1.82) is 0 Å². The van der Waals surface area contributed by atoms with Crippen LogP contribution in [0.1, 0.15) is 18.4 Å². The van der Waals surface area contributed by atoms with Gasteiger partial charge in [-0.25, -0.2) is 13.2 Å². The number of hydrogen-bond acceptors (Lipinski definition) is 8. The second-order valence-corrected chi connectivity index (χ2v) is 9.78. The molecule has 10 heteroatoms. The van der Waals surface area contributed by atoms with E-state index in [1.54, 1.807) is 6.07 Å². The highest BCUT2D eigenvalue weighted by atomic mass is 32.2. The van der Waals surface area contributed by atoms with E-state index in [1.165, 1.54) is 43.9 Å². The molecule has 0 atom stereocenters. The number of carbonyl (C=O) groups excluding carboxylic acids is 1. The summed E-state index contributed by atoms with van der Waals surface area (Å²) >= 11 is 0. The first-order valence-electron chi connectivity index (χ1n) is 10.7. The average Bonchev–Trinajstić information content (AvgIpc) is 2.82. The molecule has 0 N–H and O–H groups in total. The summed E-state index contributed by atoms with van der Waals surface area (Å²) in [5.41, 5.74) is 0.494. The SMILES string of the molecule is COC(=O)/C=C/c1cc(OC)c(OC)c(S(=O)(=O)N2CCC(CN3CCOCC3)CC2)c1. The molecule has 0 aliphatic carbocycles. The smallest absolute Gasteiger partial charge is 0.330 e. The highest BCUT2D eigenvalue weighted by Crippen LogP contribution is 2.38. The van der Waals surface area contributed by atoms with Gasteiger partial charge in [-0.05, 0) is 42.5 Å². The van der Waals surface area contributed by atoms with Gasteiger partial charge < -0.3 is 18.9 Å². The van der Waals surface area contributed by atoms with Gasteiger partial charge in [-0.3, -0.25) is 4.90 Å². The number of methoxy groups -OCH3 is 3. The third-order valence-electron chi connectivity index (χ3n) is 5.89. The molecule has 9 nitrogen and oxygen atoms in total. The standard InChI is InChI=1S/C22H32N2O7S/c1-28-19-14-18(4-5-21(25)29-2)15-20(22(19)30-3)32(26,27)24-8-6-17(7-9-24)16-23-10-12-31-13-11-23/h4-5,14-15,17H,6-13,16H2,1-3H3/b5-4+. The summed E-state index contributed by atoms with van der Waals surface area (Å²) in [7, 11) is 0.318. The second kappa shape index (κ2) is 11.1. The number of morpholine rings is 1. The Balaban J connectivity index is 1.79. The number of hydrogen-bond donors (Lipinski definition) is 0. The highest BCUT2D eigenvalue weighted by Gasteiger charge is 2.33. The number of carbonyl (C=O) groups is 1. The van der Waals surface area contributed by atoms with Gasteiger partial charge in [-0.15, -0.1) is 0 Å². The van der Waals surface area contributed by atoms with Crippen molar-refractivity contribution >= 4 is 22.1 Å². The van der Waals surface area contributed by atoms with E-state index in [1.807, 2.05) is 0 Å². The van der Waals surface area contributed by atoms with Crippen molar-refractivity contribution in [3.63, 3.8) is 0 Å². The minimum Gasteiger partial charge on any atom is -0.493 e. The van der Waals surface area contributed by atoms with Crippen LogP contribution in [-0.4, -0.2) is 90.9 Å². The zero-order valence-electron chi connectivity index (χ0n) is 18.9. The lowest BCUT2D eigenvalue weighted by Crippen LogP contribution is -2.44. The molecule has 2 fully saturated rings. The monoisotopic (exact) mass is 468 g/mol. The number of esters is 1. The normalized spacial score (nSPS) is 19.2. The zero-order valence-corrected chi connectivity index (χ0v) is 19.7. The molecular weight excluding hydrogens is 436 g/mol. The van der Waals surface area contributed by atoms with Crippen LogP contribution in [-0.2, 0) is 24.3 Å². The molecule has 32 heavy (non-hydrogen) atoms. The number of sulfonamides is 1. The Morgan fingerprint density at radius 2 is 1.78 bits per heavy atom. The van der Waals surface area contributed by atoms with E-state index in [4.69, 9.17) is 14.2 Å². The van der Waals surface area contributed by atoms with Crippen molar-refractivity contribution < 1.29 is 32.2 Å². The molecule has 2 aliphatic rings. The van der Waals surface area contributed by atoms with E-state index >= 15 is 0 Å². The summed E-state index contributed by atoms with van der Waals surface area (Å²) in [5, 5.41) is 0. The van der Waals surface area contributed by atoms with Gasteiger partial charge in [0.15, 0.2) is 11.5 Å². The number of piperidine rings is 1. The summed E-state index contributed by atoms with van der Waals surface area (Å²) in [5.74, 6) is 0.357. The third-order valence-corrected chi connectivity index (χ3v) is 7.80. The summed E-state index contributed by atoms with van der Waals surface area (Å²) in [6.07, 6.45) is 4.33. The minimum atomic E-state index is -3.82. The molecule has 0 bridgehead atoms. The van der Waals surface area contributed by atoms with E-state index in [0.717, 1.165) is 45.7 Å². The van der Waals surface area contributed by atoms with Crippen LogP contribution >= 0.6 is 0 Å². The third kappa shape index (κ3) is 5.80. The van der Waals surface area contributed by atoms with Crippen LogP contribution in [0.25, 0.3) is 6.08 Å². The summed E-state index contributed by atoms with van der Waals surface area (Å²) in [6.45, 7) is 5.26. The van der Waals surface area contributed by atoms with Gasteiger partial charge in [-0.1, -0.05) is 0 Å². The topological polar surface area (TPSA) is 94.6 Å². The summed E-state index contributed by atoms with van der Waals surface area (Å²) < 4.78 is 49.3. The molecule has 0 amide bonds. The van der Waals surface area contributed by atoms with Crippen molar-refractivity contribution in [2.45, 2.75) is 17.7 Å². The van der Waals surface area contributed by atoms with Crippen molar-refractivity contribution in [1.82, 2.24) is 9.21 Å². The van der Waals surface area contributed by atoms with Gasteiger partial charge in [0.1, 0.15) is 4.90 Å². The lowest BCUT2D eigenvalue weighted by Gasteiger charge is -2.35. The van der Waals surface area contributed by atoms with E-state index in [2.05, 4.69) is 9.64 Å². The molecule has 1 aromatic carbocycles. The Labute approximate surface area is 189 Å². The Morgan fingerprint density at radius 3 is 2.38 bits per heavy atom. The van der Waals surface area contributed by atoms with Crippen LogP contribution in [0.4, 0.5) is 0 Å². The predicted molar refractivity (Wildman–Crippen MR) is 119 cm³/mol. The van der Waals surface area contributed by atoms with E-state index < -0.39 is 16.0 Å². The van der Waals surface area contributed by atoms with Crippen LogP contribution in [0.5, 0.6) is 11.5 Å². The fourth-order valence-electron chi connectivity index (χ4n) is 4.09. The first kappa shape index (κ1) is 24.5. The average molecular weight is 469 g/mol. The second-order valence-electron chi connectivity index (χ2n) is 7.87. The molecule has 1 aromatic rings. The first-order valence-corrected chi connectivity index (χ1v) is 12.1. The lowest BCUT2D eigenvalue weighted by molar-refractivity contribution is -0.134. The van der Waals surface area contributed by atoms with E-state index in [9.17, 15) is 13.2 Å². The van der Waals surface area contributed by atoms with Gasteiger partial charge >= 0.3 is 5.97 Å². The van der Waals surface area contributed by atoms with E-state index in [-0.39, 0.29) is 16.4 Å². The van der Waals surface area contributed by atoms with Crippen LogP contribution in [0, 0.1) is 5.92 Å². The Kier molecular flexibility index (Phi) is 8.52. The van der Waals surface area contributed by atoms with Gasteiger partial charge in [0.25, 0.3) is 0 Å². The maximum atomic E-state index is 13.5. The number of ether oxygens (including phenoxy) is 4. The van der Waals surface area contributed by atoms with Gasteiger partial charge in [0.2, 0.25) is 10.0 Å². The molecular formula is C22H32N2O7S. The molecule has 2 saturated heterocycles. The predicted octanol–water partition coefficient (Wildman–Crippen LogP) is 1.62. The van der Waals surface area contributed by atoms with Gasteiger partial charge in [0, 0.05) is 38.8 Å². The maximum absolute atomic E-state index is 13.5. The van der Waals surface area contributed by atoms with Crippen LogP contribution in [0.15, 0.2) is 23.1 Å². The van der Waals surface area contributed by atoms with Gasteiger partial charge in [-0.2, -0.15) is 4.31 Å². The molecule has 3 rings (SSSR count). The zero-order chi connectivity index (χ0) is 23.1. The Hall–Kier alpha value is -2.14. The molecule has 0 unspecified atom stereocenters. The fraction of sp³-hybridized carbons (Fsp3) is 0.591. The van der Waals surface area contributed by atoms with Crippen molar-refractivity contribution in [3.8, 4) is 11.5 Å². The molecule has 0 radical (unpaired) electrons. The number of nitrogens with zero attached hydrogens (tertiary/aromatic N) is 2. The fourth-order valence-corrected chi connectivity index (χ4v) is 5.76. The van der Waals surface area contributed by atoms with Gasteiger partial charge in [0.05, 0.1) is 34.5 Å². The maximum Gasteiger partial charge on any atom is 0.330 e. The van der Waals surface area contributed by atoms with Crippen LogP contribution in [0.2, 0.25) is 0 Å². The Morgan fingerprint density at radius 1 is 1.09 bits per heavy atom. The largest absolute Gasteiger partial charge is 0.493 e. The molecule has 2 aliphatic heterocycles. The van der Waals surface area contributed by atoms with Crippen LogP contribution in [0.3, 0.4) is 0 Å². The molecule has 0 saturated carbocycles. The van der Waals surface area contributed by atoms with E-state index in [0.29, 0.717) is 24.6 Å². The number of benzene rings is 1. The molecule has 2 heterocycles. The first-order chi connectivity index (χ1) is 15.4. The minimum absolute atomic E-state index is 0.0236. The lowest BCUT2D eigenvalue weighted by atomic mass is 9.97. The Bertz CT molecular complexity index is 918. The molecule has 178 valence electrons. The summed E-state index contributed by atoms with van der Waals surface area (Å²) in [4.78, 5) is 13.9. The quantitative estimate of drug-likeness (QED) is 0.420. The highest BCUT2D eigenvalue weighted by molar-refractivity contribution is 7.89. The molecule has 0 spiro atoms. The molecule has 0 aromatic heterocycles. The number of rotatable bonds is 8. The van der Waals surface area contributed by atoms with Crippen molar-refractivity contribution in [2.24, 2.45) is 5.92 Å². The van der Waals surface area contributed by atoms with Crippen LogP contribution < -0.4 is 9.47 Å². The summed E-state index contributed by atoms with van der Waals surface area (Å²) in [6, 6.07) is 3.11. The van der Waals surface area contributed by atoms with Crippen molar-refractivity contribution in [2.75, 3.05) is 67.3 Å².